The Kier molecular flexibility index (Phi) is 3.06. The number of aromatic nitrogens is 3. The van der Waals surface area contributed by atoms with E-state index in [2.05, 4.69) is 35.7 Å². The van der Waals surface area contributed by atoms with Crippen molar-refractivity contribution in [1.82, 2.24) is 15.0 Å². The van der Waals surface area contributed by atoms with Gasteiger partial charge in [0.2, 0.25) is 5.95 Å². The second-order valence-corrected chi connectivity index (χ2v) is 6.95. The van der Waals surface area contributed by atoms with Gasteiger partial charge >= 0.3 is 0 Å². The van der Waals surface area contributed by atoms with E-state index in [-0.39, 0.29) is 4.75 Å². The SMILES string of the molecule is CC(C)(C)SCc1nc(N)nc(C2CC2)n1. The highest BCUT2D eigenvalue weighted by Crippen LogP contribution is 2.38. The maximum atomic E-state index is 5.69. The lowest BCUT2D eigenvalue weighted by Gasteiger charge is -2.16. The van der Waals surface area contributed by atoms with Crippen LogP contribution in [0.3, 0.4) is 0 Å². The summed E-state index contributed by atoms with van der Waals surface area (Å²) in [6.07, 6.45) is 2.38. The predicted octanol–water partition coefficient (Wildman–Crippen LogP) is 2.36. The molecule has 2 N–H and O–H groups in total. The van der Waals surface area contributed by atoms with E-state index in [1.54, 1.807) is 0 Å². The van der Waals surface area contributed by atoms with Crippen molar-refractivity contribution in [3.8, 4) is 0 Å². The highest BCUT2D eigenvalue weighted by Gasteiger charge is 2.27. The first-order chi connectivity index (χ1) is 7.44. The first kappa shape index (κ1) is 11.6. The normalized spacial score (nSPS) is 16.4. The molecule has 1 heterocycles. The van der Waals surface area contributed by atoms with Crippen molar-refractivity contribution < 1.29 is 0 Å². The largest absolute Gasteiger partial charge is 0.368 e. The van der Waals surface area contributed by atoms with E-state index in [0.717, 1.165) is 17.4 Å². The Balaban J connectivity index is 2.08. The topological polar surface area (TPSA) is 64.7 Å². The summed E-state index contributed by atoms with van der Waals surface area (Å²) in [4.78, 5) is 12.8. The highest BCUT2D eigenvalue weighted by atomic mass is 32.2. The van der Waals surface area contributed by atoms with Gasteiger partial charge in [-0.05, 0) is 12.8 Å². The van der Waals surface area contributed by atoms with Gasteiger partial charge in [0.05, 0.1) is 5.75 Å². The Morgan fingerprint density at radius 1 is 1.25 bits per heavy atom. The van der Waals surface area contributed by atoms with Crippen molar-refractivity contribution in [1.29, 1.82) is 0 Å². The van der Waals surface area contributed by atoms with E-state index in [4.69, 9.17) is 5.73 Å². The van der Waals surface area contributed by atoms with Gasteiger partial charge in [0.1, 0.15) is 11.6 Å². The smallest absolute Gasteiger partial charge is 0.223 e. The zero-order valence-corrected chi connectivity index (χ0v) is 10.8. The first-order valence-electron chi connectivity index (χ1n) is 5.58. The van der Waals surface area contributed by atoms with Crippen LogP contribution in [-0.2, 0) is 5.75 Å². The van der Waals surface area contributed by atoms with Crippen LogP contribution in [0.15, 0.2) is 0 Å². The maximum absolute atomic E-state index is 5.69. The minimum absolute atomic E-state index is 0.223. The van der Waals surface area contributed by atoms with Crippen LogP contribution in [0.1, 0.15) is 51.2 Å². The number of nitrogens with two attached hydrogens (primary N) is 1. The lowest BCUT2D eigenvalue weighted by atomic mass is 10.3. The summed E-state index contributed by atoms with van der Waals surface area (Å²) < 4.78 is 0.223. The van der Waals surface area contributed by atoms with E-state index < -0.39 is 0 Å². The van der Waals surface area contributed by atoms with Crippen LogP contribution >= 0.6 is 11.8 Å². The van der Waals surface area contributed by atoms with Crippen LogP contribution < -0.4 is 5.73 Å². The van der Waals surface area contributed by atoms with Gasteiger partial charge in [0.15, 0.2) is 0 Å². The molecule has 1 aromatic rings. The van der Waals surface area contributed by atoms with Crippen LogP contribution in [0.4, 0.5) is 5.95 Å². The second kappa shape index (κ2) is 4.20. The molecule has 0 unspecified atom stereocenters. The van der Waals surface area contributed by atoms with Crippen LogP contribution in [0.5, 0.6) is 0 Å². The number of nitrogens with zero attached hydrogens (tertiary/aromatic N) is 3. The lowest BCUT2D eigenvalue weighted by molar-refractivity contribution is 0.796. The molecule has 1 aliphatic rings. The van der Waals surface area contributed by atoms with Crippen molar-refractivity contribution in [2.45, 2.75) is 50.0 Å². The van der Waals surface area contributed by atoms with E-state index >= 15 is 0 Å². The van der Waals surface area contributed by atoms with Gasteiger partial charge in [-0.2, -0.15) is 9.97 Å². The molecule has 0 atom stereocenters. The standard InChI is InChI=1S/C11H18N4S/c1-11(2,3)16-6-8-13-9(7-4-5-7)15-10(12)14-8/h7H,4-6H2,1-3H3,(H2,12,13,14,15). The Morgan fingerprint density at radius 3 is 2.50 bits per heavy atom. The molecule has 16 heavy (non-hydrogen) atoms. The third-order valence-electron chi connectivity index (χ3n) is 2.29. The van der Waals surface area contributed by atoms with Gasteiger partial charge < -0.3 is 5.73 Å². The third-order valence-corrected chi connectivity index (χ3v) is 3.56. The number of anilines is 1. The fraction of sp³-hybridized carbons (Fsp3) is 0.727. The Labute approximate surface area is 100 Å². The predicted molar refractivity (Wildman–Crippen MR) is 67.3 cm³/mol. The average molecular weight is 238 g/mol. The monoisotopic (exact) mass is 238 g/mol. The minimum atomic E-state index is 0.223. The molecule has 2 rings (SSSR count). The van der Waals surface area contributed by atoms with E-state index in [9.17, 15) is 0 Å². The van der Waals surface area contributed by atoms with E-state index in [1.807, 2.05) is 11.8 Å². The summed E-state index contributed by atoms with van der Waals surface area (Å²) >= 11 is 1.83. The van der Waals surface area contributed by atoms with Gasteiger partial charge in [-0.15, -0.1) is 11.8 Å². The zero-order valence-electron chi connectivity index (χ0n) is 10.0. The molecule has 0 bridgehead atoms. The molecule has 88 valence electrons. The summed E-state index contributed by atoms with van der Waals surface area (Å²) in [5.74, 6) is 3.40. The molecule has 0 amide bonds. The zero-order chi connectivity index (χ0) is 11.8. The van der Waals surface area contributed by atoms with Crippen molar-refractivity contribution in [3.63, 3.8) is 0 Å². The minimum Gasteiger partial charge on any atom is -0.368 e. The Morgan fingerprint density at radius 2 is 1.94 bits per heavy atom. The second-order valence-electron chi connectivity index (χ2n) is 5.14. The molecular formula is C11H18N4S. The van der Waals surface area contributed by atoms with Crippen molar-refractivity contribution in [2.24, 2.45) is 0 Å². The number of thioether (sulfide) groups is 1. The number of nitrogen functional groups attached to an aromatic ring is 1. The van der Waals surface area contributed by atoms with E-state index in [1.165, 1.54) is 12.8 Å². The third kappa shape index (κ3) is 3.33. The fourth-order valence-corrected chi connectivity index (χ4v) is 2.02. The van der Waals surface area contributed by atoms with Crippen LogP contribution in [0.2, 0.25) is 0 Å². The number of hydrogen-bond donors (Lipinski definition) is 1. The Bertz CT molecular complexity index is 382. The summed E-state index contributed by atoms with van der Waals surface area (Å²) in [6.45, 7) is 6.55. The quantitative estimate of drug-likeness (QED) is 0.875. The molecule has 0 saturated heterocycles. The van der Waals surface area contributed by atoms with Crippen LogP contribution in [0, 0.1) is 0 Å². The summed E-state index contributed by atoms with van der Waals surface area (Å²) in [7, 11) is 0. The molecule has 0 aliphatic heterocycles. The molecule has 5 heteroatoms. The molecule has 0 spiro atoms. The molecule has 0 radical (unpaired) electrons. The summed E-state index contributed by atoms with van der Waals surface area (Å²) in [5.41, 5.74) is 5.69. The van der Waals surface area contributed by atoms with Gasteiger partial charge in [-0.3, -0.25) is 0 Å². The van der Waals surface area contributed by atoms with Crippen molar-refractivity contribution >= 4 is 17.7 Å². The van der Waals surface area contributed by atoms with Gasteiger partial charge in [0, 0.05) is 10.7 Å². The number of rotatable bonds is 3. The molecule has 1 saturated carbocycles. The highest BCUT2D eigenvalue weighted by molar-refractivity contribution is 7.99. The average Bonchev–Trinajstić information content (AvgIpc) is 2.95. The van der Waals surface area contributed by atoms with Gasteiger partial charge in [-0.1, -0.05) is 20.8 Å². The van der Waals surface area contributed by atoms with Crippen LogP contribution in [0.25, 0.3) is 0 Å². The molecule has 0 aromatic carbocycles. The van der Waals surface area contributed by atoms with E-state index in [0.29, 0.717) is 11.9 Å². The van der Waals surface area contributed by atoms with Gasteiger partial charge in [0.25, 0.3) is 0 Å². The van der Waals surface area contributed by atoms with Gasteiger partial charge in [-0.25, -0.2) is 4.98 Å². The molecular weight excluding hydrogens is 220 g/mol. The molecule has 4 nitrogen and oxygen atoms in total. The first-order valence-corrected chi connectivity index (χ1v) is 6.57. The van der Waals surface area contributed by atoms with Crippen LogP contribution in [-0.4, -0.2) is 19.7 Å². The summed E-state index contributed by atoms with van der Waals surface area (Å²) in [6, 6.07) is 0. The summed E-state index contributed by atoms with van der Waals surface area (Å²) in [5, 5.41) is 0. The molecule has 1 aromatic heterocycles. The van der Waals surface area contributed by atoms with Crippen molar-refractivity contribution in [2.75, 3.05) is 5.73 Å². The molecule has 1 fully saturated rings. The lowest BCUT2D eigenvalue weighted by Crippen LogP contribution is -2.11. The van der Waals surface area contributed by atoms with Crippen molar-refractivity contribution in [3.05, 3.63) is 11.6 Å². The molecule has 1 aliphatic carbocycles. The Hall–Kier alpha value is -0.840. The fourth-order valence-electron chi connectivity index (χ4n) is 1.33. The maximum Gasteiger partial charge on any atom is 0.223 e. The number of hydrogen-bond acceptors (Lipinski definition) is 5.